The molecule has 0 unspecified atom stereocenters. The van der Waals surface area contributed by atoms with Gasteiger partial charge in [0.1, 0.15) is 18.1 Å². The Morgan fingerprint density at radius 2 is 2.18 bits per heavy atom. The standard InChI is InChI=1S/C13H14BrNO2/c1-9-2-3-13(12(14)4-9)17-8-11-5-10(6-15)7-16-11/h2-5,7H,6,8,15H2,1H3. The predicted octanol–water partition coefficient (Wildman–Crippen LogP) is 3.39. The van der Waals surface area contributed by atoms with Crippen molar-refractivity contribution in [3.8, 4) is 5.75 Å². The van der Waals surface area contributed by atoms with E-state index in [1.807, 2.05) is 31.2 Å². The van der Waals surface area contributed by atoms with E-state index in [0.29, 0.717) is 13.2 Å². The number of rotatable bonds is 4. The molecule has 0 aliphatic carbocycles. The van der Waals surface area contributed by atoms with Crippen molar-refractivity contribution < 1.29 is 9.15 Å². The van der Waals surface area contributed by atoms with Crippen LogP contribution in [0.15, 0.2) is 39.4 Å². The van der Waals surface area contributed by atoms with E-state index in [-0.39, 0.29) is 0 Å². The Morgan fingerprint density at radius 1 is 1.35 bits per heavy atom. The highest BCUT2D eigenvalue weighted by Gasteiger charge is 2.04. The van der Waals surface area contributed by atoms with Gasteiger partial charge in [-0.3, -0.25) is 0 Å². The summed E-state index contributed by atoms with van der Waals surface area (Å²) >= 11 is 3.46. The van der Waals surface area contributed by atoms with Gasteiger partial charge in [0.15, 0.2) is 0 Å². The summed E-state index contributed by atoms with van der Waals surface area (Å²) in [5.41, 5.74) is 7.67. The van der Waals surface area contributed by atoms with Crippen molar-refractivity contribution in [2.24, 2.45) is 5.73 Å². The molecule has 2 aromatic rings. The zero-order chi connectivity index (χ0) is 12.3. The molecule has 0 spiro atoms. The maximum Gasteiger partial charge on any atom is 0.146 e. The fourth-order valence-corrected chi connectivity index (χ4v) is 2.09. The van der Waals surface area contributed by atoms with Crippen molar-refractivity contribution in [1.82, 2.24) is 0 Å². The highest BCUT2D eigenvalue weighted by atomic mass is 79.9. The van der Waals surface area contributed by atoms with E-state index >= 15 is 0 Å². The lowest BCUT2D eigenvalue weighted by molar-refractivity contribution is 0.268. The highest BCUT2D eigenvalue weighted by molar-refractivity contribution is 9.10. The first-order chi connectivity index (χ1) is 8.19. The van der Waals surface area contributed by atoms with E-state index in [2.05, 4.69) is 15.9 Å². The van der Waals surface area contributed by atoms with Crippen LogP contribution in [-0.2, 0) is 13.2 Å². The van der Waals surface area contributed by atoms with Gasteiger partial charge in [-0.05, 0) is 46.6 Å². The van der Waals surface area contributed by atoms with Crippen LogP contribution in [0.5, 0.6) is 5.75 Å². The van der Waals surface area contributed by atoms with Crippen molar-refractivity contribution in [3.63, 3.8) is 0 Å². The van der Waals surface area contributed by atoms with Gasteiger partial charge in [-0.25, -0.2) is 0 Å². The lowest BCUT2D eigenvalue weighted by Gasteiger charge is -2.06. The first-order valence-electron chi connectivity index (χ1n) is 5.34. The number of ether oxygens (including phenoxy) is 1. The normalized spacial score (nSPS) is 10.5. The second-order valence-corrected chi connectivity index (χ2v) is 4.70. The molecule has 90 valence electrons. The molecule has 1 aromatic carbocycles. The Kier molecular flexibility index (Phi) is 3.86. The minimum Gasteiger partial charge on any atom is -0.484 e. The molecule has 17 heavy (non-hydrogen) atoms. The third-order valence-corrected chi connectivity index (χ3v) is 3.02. The number of nitrogens with two attached hydrogens (primary N) is 1. The fourth-order valence-electron chi connectivity index (χ4n) is 1.48. The molecule has 4 heteroatoms. The largest absolute Gasteiger partial charge is 0.484 e. The monoisotopic (exact) mass is 295 g/mol. The Labute approximate surface area is 109 Å². The summed E-state index contributed by atoms with van der Waals surface area (Å²) in [7, 11) is 0. The van der Waals surface area contributed by atoms with Gasteiger partial charge in [0.25, 0.3) is 0 Å². The first kappa shape index (κ1) is 12.2. The van der Waals surface area contributed by atoms with E-state index in [9.17, 15) is 0 Å². The van der Waals surface area contributed by atoms with Crippen LogP contribution in [0.3, 0.4) is 0 Å². The van der Waals surface area contributed by atoms with Crippen molar-refractivity contribution in [1.29, 1.82) is 0 Å². The number of benzene rings is 1. The molecule has 0 aliphatic rings. The smallest absolute Gasteiger partial charge is 0.146 e. The van der Waals surface area contributed by atoms with E-state index in [1.165, 1.54) is 5.56 Å². The van der Waals surface area contributed by atoms with Crippen LogP contribution >= 0.6 is 15.9 Å². The second-order valence-electron chi connectivity index (χ2n) is 3.85. The van der Waals surface area contributed by atoms with E-state index in [4.69, 9.17) is 14.9 Å². The van der Waals surface area contributed by atoms with Gasteiger partial charge in [0.2, 0.25) is 0 Å². The number of halogens is 1. The Morgan fingerprint density at radius 3 is 2.82 bits per heavy atom. The molecule has 0 bridgehead atoms. The van der Waals surface area contributed by atoms with Crippen molar-refractivity contribution in [2.45, 2.75) is 20.1 Å². The summed E-state index contributed by atoms with van der Waals surface area (Å²) in [6.07, 6.45) is 1.66. The summed E-state index contributed by atoms with van der Waals surface area (Å²) in [6, 6.07) is 7.87. The summed E-state index contributed by atoms with van der Waals surface area (Å²) in [5.74, 6) is 1.58. The molecule has 0 saturated heterocycles. The van der Waals surface area contributed by atoms with Crippen LogP contribution in [0.25, 0.3) is 0 Å². The molecule has 1 aromatic heterocycles. The van der Waals surface area contributed by atoms with Gasteiger partial charge in [0.05, 0.1) is 10.7 Å². The maximum absolute atomic E-state index is 5.65. The van der Waals surface area contributed by atoms with Gasteiger partial charge in [-0.15, -0.1) is 0 Å². The van der Waals surface area contributed by atoms with Gasteiger partial charge < -0.3 is 14.9 Å². The first-order valence-corrected chi connectivity index (χ1v) is 6.13. The average molecular weight is 296 g/mol. The third kappa shape index (κ3) is 3.11. The van der Waals surface area contributed by atoms with E-state index in [0.717, 1.165) is 21.5 Å². The number of furan rings is 1. The molecule has 0 radical (unpaired) electrons. The molecule has 3 nitrogen and oxygen atoms in total. The Bertz CT molecular complexity index is 508. The maximum atomic E-state index is 5.65. The molecular formula is C13H14BrNO2. The zero-order valence-electron chi connectivity index (χ0n) is 9.57. The molecule has 1 heterocycles. The quantitative estimate of drug-likeness (QED) is 0.940. The SMILES string of the molecule is Cc1ccc(OCc2cc(CN)co2)c(Br)c1. The number of hydrogen-bond donors (Lipinski definition) is 1. The number of aryl methyl sites for hydroxylation is 1. The summed E-state index contributed by atoms with van der Waals surface area (Å²) in [4.78, 5) is 0. The van der Waals surface area contributed by atoms with E-state index < -0.39 is 0 Å². The molecule has 2 N–H and O–H groups in total. The Balaban J connectivity index is 2.02. The second kappa shape index (κ2) is 5.38. The van der Waals surface area contributed by atoms with Gasteiger partial charge >= 0.3 is 0 Å². The molecule has 0 fully saturated rings. The van der Waals surface area contributed by atoms with Crippen LogP contribution in [0.4, 0.5) is 0 Å². The molecular weight excluding hydrogens is 282 g/mol. The van der Waals surface area contributed by atoms with Gasteiger partial charge in [-0.1, -0.05) is 6.07 Å². The van der Waals surface area contributed by atoms with Crippen LogP contribution in [0.2, 0.25) is 0 Å². The molecule has 0 amide bonds. The zero-order valence-corrected chi connectivity index (χ0v) is 11.2. The molecule has 0 atom stereocenters. The average Bonchev–Trinajstić information content (AvgIpc) is 2.76. The molecule has 2 rings (SSSR count). The van der Waals surface area contributed by atoms with Crippen molar-refractivity contribution in [2.75, 3.05) is 0 Å². The van der Waals surface area contributed by atoms with Crippen molar-refractivity contribution in [3.05, 3.63) is 51.9 Å². The lowest BCUT2D eigenvalue weighted by Crippen LogP contribution is -1.96. The van der Waals surface area contributed by atoms with Crippen LogP contribution in [0.1, 0.15) is 16.9 Å². The summed E-state index contributed by atoms with van der Waals surface area (Å²) in [5, 5.41) is 0. The Hall–Kier alpha value is -1.26. The third-order valence-electron chi connectivity index (χ3n) is 2.40. The fraction of sp³-hybridized carbons (Fsp3) is 0.231. The van der Waals surface area contributed by atoms with Gasteiger partial charge in [-0.2, -0.15) is 0 Å². The van der Waals surface area contributed by atoms with Gasteiger partial charge in [0, 0.05) is 12.1 Å². The van der Waals surface area contributed by atoms with Crippen LogP contribution < -0.4 is 10.5 Å². The van der Waals surface area contributed by atoms with Crippen LogP contribution in [0, 0.1) is 6.92 Å². The molecule has 0 saturated carbocycles. The van der Waals surface area contributed by atoms with E-state index in [1.54, 1.807) is 6.26 Å². The lowest BCUT2D eigenvalue weighted by atomic mass is 10.2. The summed E-state index contributed by atoms with van der Waals surface area (Å²) < 4.78 is 11.9. The minimum atomic E-state index is 0.404. The summed E-state index contributed by atoms with van der Waals surface area (Å²) in [6.45, 7) is 2.92. The number of hydrogen-bond acceptors (Lipinski definition) is 3. The van der Waals surface area contributed by atoms with Crippen LogP contribution in [-0.4, -0.2) is 0 Å². The van der Waals surface area contributed by atoms with Crippen molar-refractivity contribution >= 4 is 15.9 Å². The predicted molar refractivity (Wildman–Crippen MR) is 69.8 cm³/mol. The minimum absolute atomic E-state index is 0.404. The topological polar surface area (TPSA) is 48.4 Å². The molecule has 0 aliphatic heterocycles. The highest BCUT2D eigenvalue weighted by Crippen LogP contribution is 2.26.